The molecule has 1 rings (SSSR count). The Morgan fingerprint density at radius 1 is 1.42 bits per heavy atom. The van der Waals surface area contributed by atoms with Crippen molar-refractivity contribution in [3.05, 3.63) is 0 Å². The van der Waals surface area contributed by atoms with Gasteiger partial charge in [-0.05, 0) is 12.8 Å². The minimum absolute atomic E-state index is 0.287. The summed E-state index contributed by atoms with van der Waals surface area (Å²) < 4.78 is 0. The van der Waals surface area contributed by atoms with Gasteiger partial charge in [0.05, 0.1) is 0 Å². The molecule has 0 spiro atoms. The molecule has 0 heterocycles. The molecule has 0 radical (unpaired) electrons. The Morgan fingerprint density at radius 2 is 2.08 bits per heavy atom. The Labute approximate surface area is 71.8 Å². The molecule has 1 aliphatic rings. The first-order valence-electron chi connectivity index (χ1n) is 4.27. The van der Waals surface area contributed by atoms with Crippen LogP contribution in [0.5, 0.6) is 0 Å². The van der Waals surface area contributed by atoms with Crippen molar-refractivity contribution in [2.75, 3.05) is 0 Å². The fourth-order valence-corrected chi connectivity index (χ4v) is 1.56. The van der Waals surface area contributed by atoms with Crippen LogP contribution in [0.15, 0.2) is 5.16 Å². The third kappa shape index (κ3) is 2.53. The van der Waals surface area contributed by atoms with E-state index in [0.29, 0.717) is 11.8 Å². The van der Waals surface area contributed by atoms with Gasteiger partial charge in [-0.3, -0.25) is 4.79 Å². The molecular formula is C8H14N2O2. The van der Waals surface area contributed by atoms with Crippen molar-refractivity contribution in [2.24, 2.45) is 16.8 Å². The standard InChI is InChI=1S/C8H14N2O2/c9-8(10-12-6-11)7-4-2-1-3-5-7/h6-7H,1-5H2,(H2,9,10). The number of oxime groups is 1. The Bertz CT molecular complexity index is 174. The van der Waals surface area contributed by atoms with Gasteiger partial charge in [0.1, 0.15) is 5.84 Å². The number of hydrogen-bond donors (Lipinski definition) is 1. The van der Waals surface area contributed by atoms with E-state index < -0.39 is 0 Å². The van der Waals surface area contributed by atoms with Crippen molar-refractivity contribution in [1.82, 2.24) is 0 Å². The predicted octanol–water partition coefficient (Wildman–Crippen LogP) is 1.01. The van der Waals surface area contributed by atoms with E-state index in [4.69, 9.17) is 5.73 Å². The first kappa shape index (κ1) is 9.03. The number of nitrogens with two attached hydrogens (primary N) is 1. The van der Waals surface area contributed by atoms with E-state index >= 15 is 0 Å². The van der Waals surface area contributed by atoms with Crippen LogP contribution in [0, 0.1) is 5.92 Å². The van der Waals surface area contributed by atoms with Crippen molar-refractivity contribution in [2.45, 2.75) is 32.1 Å². The lowest BCUT2D eigenvalue weighted by Crippen LogP contribution is -2.25. The van der Waals surface area contributed by atoms with Crippen molar-refractivity contribution < 1.29 is 9.63 Å². The molecule has 68 valence electrons. The van der Waals surface area contributed by atoms with E-state index in [9.17, 15) is 4.79 Å². The van der Waals surface area contributed by atoms with E-state index in [1.165, 1.54) is 19.3 Å². The topological polar surface area (TPSA) is 64.7 Å². The average molecular weight is 170 g/mol. The van der Waals surface area contributed by atoms with Crippen molar-refractivity contribution in [1.29, 1.82) is 0 Å². The zero-order chi connectivity index (χ0) is 8.81. The molecule has 1 saturated carbocycles. The van der Waals surface area contributed by atoms with E-state index in [-0.39, 0.29) is 6.47 Å². The number of carbonyl (C=O) groups is 1. The SMILES string of the molecule is N/C(=N\OC=O)C1CCCCC1. The summed E-state index contributed by atoms with van der Waals surface area (Å²) in [5.74, 6) is 0.778. The van der Waals surface area contributed by atoms with Crippen molar-refractivity contribution in [3.63, 3.8) is 0 Å². The zero-order valence-electron chi connectivity index (χ0n) is 7.03. The Balaban J connectivity index is 2.38. The van der Waals surface area contributed by atoms with Crippen LogP contribution >= 0.6 is 0 Å². The minimum Gasteiger partial charge on any atom is -0.384 e. The number of nitrogens with zero attached hydrogens (tertiary/aromatic N) is 1. The maximum Gasteiger partial charge on any atom is 0.323 e. The molecule has 4 heteroatoms. The molecule has 0 aromatic heterocycles. The van der Waals surface area contributed by atoms with Gasteiger partial charge in [0.15, 0.2) is 0 Å². The van der Waals surface area contributed by atoms with E-state index in [2.05, 4.69) is 9.99 Å². The van der Waals surface area contributed by atoms with Crippen LogP contribution in [0.3, 0.4) is 0 Å². The summed E-state index contributed by atoms with van der Waals surface area (Å²) in [7, 11) is 0. The molecule has 0 aromatic carbocycles. The van der Waals surface area contributed by atoms with Gasteiger partial charge < -0.3 is 10.6 Å². The van der Waals surface area contributed by atoms with Crippen LogP contribution in [0.2, 0.25) is 0 Å². The highest BCUT2D eigenvalue weighted by molar-refractivity contribution is 5.82. The van der Waals surface area contributed by atoms with E-state index in [0.717, 1.165) is 12.8 Å². The molecule has 4 nitrogen and oxygen atoms in total. The Hall–Kier alpha value is -1.06. The molecule has 0 aromatic rings. The molecule has 0 atom stereocenters. The predicted molar refractivity (Wildman–Crippen MR) is 45.3 cm³/mol. The molecule has 0 aliphatic heterocycles. The Kier molecular flexibility index (Phi) is 3.57. The minimum atomic E-state index is 0.287. The second-order valence-corrected chi connectivity index (χ2v) is 3.05. The summed E-state index contributed by atoms with van der Waals surface area (Å²) in [6.07, 6.45) is 5.80. The first-order valence-corrected chi connectivity index (χ1v) is 4.27. The van der Waals surface area contributed by atoms with E-state index in [1.807, 2.05) is 0 Å². The molecule has 1 aliphatic carbocycles. The molecule has 2 N–H and O–H groups in total. The van der Waals surface area contributed by atoms with E-state index in [1.54, 1.807) is 0 Å². The monoisotopic (exact) mass is 170 g/mol. The van der Waals surface area contributed by atoms with Crippen LogP contribution in [0.4, 0.5) is 0 Å². The van der Waals surface area contributed by atoms with Gasteiger partial charge in [0.2, 0.25) is 0 Å². The first-order chi connectivity index (χ1) is 5.84. The lowest BCUT2D eigenvalue weighted by molar-refractivity contribution is -0.128. The lowest BCUT2D eigenvalue weighted by Gasteiger charge is -2.19. The van der Waals surface area contributed by atoms with Gasteiger partial charge in [-0.1, -0.05) is 24.4 Å². The van der Waals surface area contributed by atoms with Gasteiger partial charge in [0.25, 0.3) is 0 Å². The molecule has 0 amide bonds. The van der Waals surface area contributed by atoms with Crippen LogP contribution in [-0.2, 0) is 9.63 Å². The summed E-state index contributed by atoms with van der Waals surface area (Å²) in [6.45, 7) is 0.287. The normalized spacial score (nSPS) is 20.5. The number of rotatable bonds is 3. The van der Waals surface area contributed by atoms with Crippen LogP contribution in [0.1, 0.15) is 32.1 Å². The summed E-state index contributed by atoms with van der Waals surface area (Å²) in [6, 6.07) is 0. The summed E-state index contributed by atoms with van der Waals surface area (Å²) in [5, 5.41) is 3.49. The van der Waals surface area contributed by atoms with Crippen LogP contribution in [0.25, 0.3) is 0 Å². The maximum absolute atomic E-state index is 9.81. The molecule has 1 fully saturated rings. The zero-order valence-corrected chi connectivity index (χ0v) is 7.03. The fraction of sp³-hybridized carbons (Fsp3) is 0.750. The van der Waals surface area contributed by atoms with Gasteiger partial charge in [-0.25, -0.2) is 0 Å². The summed E-state index contributed by atoms with van der Waals surface area (Å²) in [4.78, 5) is 14.0. The smallest absolute Gasteiger partial charge is 0.323 e. The summed E-state index contributed by atoms with van der Waals surface area (Å²) >= 11 is 0. The molecule has 12 heavy (non-hydrogen) atoms. The quantitative estimate of drug-likeness (QED) is 0.226. The molecular weight excluding hydrogens is 156 g/mol. The number of carbonyl (C=O) groups excluding carboxylic acids is 1. The van der Waals surface area contributed by atoms with Crippen molar-refractivity contribution in [3.8, 4) is 0 Å². The molecule has 0 unspecified atom stereocenters. The lowest BCUT2D eigenvalue weighted by atomic mass is 9.89. The van der Waals surface area contributed by atoms with Crippen LogP contribution in [-0.4, -0.2) is 12.3 Å². The van der Waals surface area contributed by atoms with Crippen LogP contribution < -0.4 is 5.73 Å². The maximum atomic E-state index is 9.81. The van der Waals surface area contributed by atoms with Gasteiger partial charge >= 0.3 is 6.47 Å². The van der Waals surface area contributed by atoms with Gasteiger partial charge in [-0.2, -0.15) is 0 Å². The number of amidine groups is 1. The Morgan fingerprint density at radius 3 is 2.67 bits per heavy atom. The summed E-state index contributed by atoms with van der Waals surface area (Å²) in [5.41, 5.74) is 5.60. The number of hydrogen-bond acceptors (Lipinski definition) is 3. The van der Waals surface area contributed by atoms with Crippen molar-refractivity contribution >= 4 is 12.3 Å². The average Bonchev–Trinajstić information content (AvgIpc) is 2.15. The van der Waals surface area contributed by atoms with Gasteiger partial charge in [-0.15, -0.1) is 0 Å². The second-order valence-electron chi connectivity index (χ2n) is 3.05. The highest BCUT2D eigenvalue weighted by Gasteiger charge is 2.17. The largest absolute Gasteiger partial charge is 0.384 e. The molecule has 0 bridgehead atoms. The molecule has 0 saturated heterocycles. The van der Waals surface area contributed by atoms with Gasteiger partial charge in [0, 0.05) is 5.92 Å². The third-order valence-electron chi connectivity index (χ3n) is 2.22. The second kappa shape index (κ2) is 4.74. The fourth-order valence-electron chi connectivity index (χ4n) is 1.56. The highest BCUT2D eigenvalue weighted by atomic mass is 16.7. The third-order valence-corrected chi connectivity index (χ3v) is 2.22. The highest BCUT2D eigenvalue weighted by Crippen LogP contribution is 2.23.